The van der Waals surface area contributed by atoms with Crippen molar-refractivity contribution in [2.24, 2.45) is 5.41 Å². The number of Topliss-reactive ketones (excluding diaryl/α,β-unsaturated/α-hetero) is 1. The number of alkyl halides is 7. The van der Waals surface area contributed by atoms with Crippen molar-refractivity contribution >= 4 is 5.78 Å². The van der Waals surface area contributed by atoms with Crippen LogP contribution < -0.4 is 0 Å². The highest BCUT2D eigenvalue weighted by Gasteiger charge is 2.49. The van der Waals surface area contributed by atoms with Gasteiger partial charge in [0.05, 0.1) is 19.5 Å². The van der Waals surface area contributed by atoms with Crippen molar-refractivity contribution in [1.82, 2.24) is 0 Å². The molecule has 0 radical (unpaired) electrons. The molecule has 0 heterocycles. The Kier molecular flexibility index (Phi) is 6.25. The molecule has 0 aliphatic heterocycles. The van der Waals surface area contributed by atoms with Gasteiger partial charge < -0.3 is 5.11 Å². The van der Waals surface area contributed by atoms with E-state index >= 15 is 0 Å². The number of aliphatic hydroxyl groups is 1. The maximum atomic E-state index is 12.5. The summed E-state index contributed by atoms with van der Waals surface area (Å²) in [6.07, 6.45) is -14.6. The number of carbonyl (C=O) groups excluding carboxylic acids is 1. The van der Waals surface area contributed by atoms with Crippen molar-refractivity contribution in [3.8, 4) is 0 Å². The fourth-order valence-electron chi connectivity index (χ4n) is 1.97. The molecule has 0 aliphatic rings. The molecule has 0 rings (SSSR count). The topological polar surface area (TPSA) is 37.3 Å². The summed E-state index contributed by atoms with van der Waals surface area (Å²) in [6.45, 7) is 0.312. The second-order valence-electron chi connectivity index (χ2n) is 4.98. The zero-order valence-corrected chi connectivity index (χ0v) is 11.3. The largest absolute Gasteiger partial charge is 0.511 e. The summed E-state index contributed by atoms with van der Waals surface area (Å²) in [5.74, 6) is -2.35. The van der Waals surface area contributed by atoms with Gasteiger partial charge in [0.25, 0.3) is 0 Å². The Bertz CT molecular complexity index is 391. The van der Waals surface area contributed by atoms with Crippen LogP contribution in [-0.4, -0.2) is 29.9 Å². The second-order valence-corrected chi connectivity index (χ2v) is 4.98. The average molecular weight is 324 g/mol. The molecule has 0 unspecified atom stereocenters. The van der Waals surface area contributed by atoms with E-state index in [0.29, 0.717) is 6.92 Å². The van der Waals surface area contributed by atoms with Gasteiger partial charge in [-0.2, -0.15) is 26.3 Å². The summed E-state index contributed by atoms with van der Waals surface area (Å²) in [5, 5.41) is 9.70. The quantitative estimate of drug-likeness (QED) is 0.438. The summed E-state index contributed by atoms with van der Waals surface area (Å²) >= 11 is 0. The van der Waals surface area contributed by atoms with Gasteiger partial charge >= 0.3 is 12.4 Å². The highest BCUT2D eigenvalue weighted by molar-refractivity contribution is 5.95. The van der Waals surface area contributed by atoms with E-state index in [0.717, 1.165) is 6.92 Å². The number of rotatable bonds is 6. The molecular formula is C12H15F7O2. The first-order valence-corrected chi connectivity index (χ1v) is 5.85. The number of hydrogen-bond donors (Lipinski definition) is 1. The normalized spacial score (nSPS) is 14.9. The van der Waals surface area contributed by atoms with Crippen molar-refractivity contribution in [3.63, 3.8) is 0 Å². The van der Waals surface area contributed by atoms with Crippen LogP contribution in [0.3, 0.4) is 0 Å². The molecule has 21 heavy (non-hydrogen) atoms. The predicted molar refractivity (Wildman–Crippen MR) is 60.4 cm³/mol. The molecule has 0 aromatic carbocycles. The van der Waals surface area contributed by atoms with E-state index in [2.05, 4.69) is 0 Å². The summed E-state index contributed by atoms with van der Waals surface area (Å²) in [6, 6.07) is 0. The standard InChI is InChI=1S/C12H15F7O2/c1-7(8(20)3-4-13)9(21)10(2,5-11(14,15)16)6-12(17,18)19/h21H,3-6H2,1-2H3/b9-7-. The van der Waals surface area contributed by atoms with Gasteiger partial charge in [0, 0.05) is 17.4 Å². The molecule has 0 aromatic heterocycles. The van der Waals surface area contributed by atoms with Crippen LogP contribution in [0.5, 0.6) is 0 Å². The predicted octanol–water partition coefficient (Wildman–Crippen LogP) is 4.66. The van der Waals surface area contributed by atoms with Crippen molar-refractivity contribution < 1.29 is 40.6 Å². The van der Waals surface area contributed by atoms with Crippen LogP contribution in [0.15, 0.2) is 11.3 Å². The first-order chi connectivity index (χ1) is 9.22. The molecule has 0 aromatic rings. The van der Waals surface area contributed by atoms with Crippen molar-refractivity contribution in [3.05, 3.63) is 11.3 Å². The van der Waals surface area contributed by atoms with E-state index in [9.17, 15) is 40.6 Å². The molecule has 124 valence electrons. The highest BCUT2D eigenvalue weighted by Crippen LogP contribution is 2.46. The lowest BCUT2D eigenvalue weighted by molar-refractivity contribution is -0.190. The van der Waals surface area contributed by atoms with E-state index < -0.39 is 60.8 Å². The minimum absolute atomic E-state index is 0.565. The van der Waals surface area contributed by atoms with Crippen LogP contribution in [0.25, 0.3) is 0 Å². The number of hydrogen-bond acceptors (Lipinski definition) is 2. The zero-order chi connectivity index (χ0) is 17.1. The molecule has 0 saturated carbocycles. The maximum Gasteiger partial charge on any atom is 0.390 e. The van der Waals surface area contributed by atoms with Gasteiger partial charge in [-0.1, -0.05) is 6.92 Å². The Morgan fingerprint density at radius 3 is 1.67 bits per heavy atom. The Morgan fingerprint density at radius 2 is 1.38 bits per heavy atom. The van der Waals surface area contributed by atoms with Crippen molar-refractivity contribution in [1.29, 1.82) is 0 Å². The first kappa shape index (κ1) is 19.7. The third-order valence-corrected chi connectivity index (χ3v) is 2.85. The average Bonchev–Trinajstić information content (AvgIpc) is 2.21. The lowest BCUT2D eigenvalue weighted by atomic mass is 9.78. The summed E-state index contributed by atoms with van der Waals surface area (Å²) in [7, 11) is 0. The zero-order valence-electron chi connectivity index (χ0n) is 11.3. The van der Waals surface area contributed by atoms with E-state index in [-0.39, 0.29) is 0 Å². The van der Waals surface area contributed by atoms with E-state index in [1.165, 1.54) is 0 Å². The minimum Gasteiger partial charge on any atom is -0.511 e. The third-order valence-electron chi connectivity index (χ3n) is 2.85. The van der Waals surface area contributed by atoms with E-state index in [1.807, 2.05) is 0 Å². The van der Waals surface area contributed by atoms with Gasteiger partial charge in [-0.15, -0.1) is 0 Å². The van der Waals surface area contributed by atoms with Crippen LogP contribution >= 0.6 is 0 Å². The Labute approximate surface area is 116 Å². The molecular weight excluding hydrogens is 309 g/mol. The molecule has 0 amide bonds. The molecule has 0 saturated heterocycles. The van der Waals surface area contributed by atoms with Gasteiger partial charge in [0.15, 0.2) is 5.78 Å². The first-order valence-electron chi connectivity index (χ1n) is 5.85. The fraction of sp³-hybridized carbons (Fsp3) is 0.750. The number of allylic oxidation sites excluding steroid dienone is 2. The van der Waals surface area contributed by atoms with Gasteiger partial charge in [0.2, 0.25) is 0 Å². The smallest absolute Gasteiger partial charge is 0.390 e. The number of halogens is 7. The molecule has 0 spiro atoms. The van der Waals surface area contributed by atoms with E-state index in [1.54, 1.807) is 0 Å². The van der Waals surface area contributed by atoms with Crippen molar-refractivity contribution in [2.45, 2.75) is 45.5 Å². The SMILES string of the molecule is C/C(C(=O)CCF)=C(/O)C(C)(CC(F)(F)F)CC(F)(F)F. The van der Waals surface area contributed by atoms with Crippen molar-refractivity contribution in [2.75, 3.05) is 6.67 Å². The lowest BCUT2D eigenvalue weighted by Crippen LogP contribution is -2.33. The molecule has 0 bridgehead atoms. The molecule has 9 heteroatoms. The maximum absolute atomic E-state index is 12.5. The monoisotopic (exact) mass is 324 g/mol. The summed E-state index contributed by atoms with van der Waals surface area (Å²) in [4.78, 5) is 11.3. The summed E-state index contributed by atoms with van der Waals surface area (Å²) in [5.41, 5.74) is -3.42. The van der Waals surface area contributed by atoms with Crippen LogP contribution in [0.4, 0.5) is 30.7 Å². The Morgan fingerprint density at radius 1 is 1.00 bits per heavy atom. The molecule has 2 nitrogen and oxygen atoms in total. The van der Waals surface area contributed by atoms with Gasteiger partial charge in [-0.3, -0.25) is 9.18 Å². The molecule has 1 N–H and O–H groups in total. The third kappa shape index (κ3) is 6.81. The Balaban J connectivity index is 5.68. The molecule has 0 atom stereocenters. The van der Waals surface area contributed by atoms with Gasteiger partial charge in [-0.05, 0) is 6.92 Å². The minimum atomic E-state index is -4.97. The number of aliphatic hydroxyl groups excluding tert-OH is 1. The van der Waals surface area contributed by atoms with E-state index in [4.69, 9.17) is 0 Å². The molecule has 0 fully saturated rings. The Hall–Kier alpha value is -1.28. The molecule has 0 aliphatic carbocycles. The van der Waals surface area contributed by atoms with Gasteiger partial charge in [0.1, 0.15) is 5.76 Å². The van der Waals surface area contributed by atoms with Crippen LogP contribution in [0, 0.1) is 5.41 Å². The van der Waals surface area contributed by atoms with Gasteiger partial charge in [-0.25, -0.2) is 0 Å². The number of carbonyl (C=O) groups is 1. The fourth-order valence-corrected chi connectivity index (χ4v) is 1.97. The lowest BCUT2D eigenvalue weighted by Gasteiger charge is -2.31. The van der Waals surface area contributed by atoms with Crippen LogP contribution in [0.2, 0.25) is 0 Å². The van der Waals surface area contributed by atoms with Crippen LogP contribution in [0.1, 0.15) is 33.1 Å². The number of ketones is 1. The summed E-state index contributed by atoms with van der Waals surface area (Å²) < 4.78 is 86.7. The second kappa shape index (κ2) is 6.65. The highest BCUT2D eigenvalue weighted by atomic mass is 19.4. The van der Waals surface area contributed by atoms with Crippen LogP contribution in [-0.2, 0) is 4.79 Å².